The number of methoxy groups -OCH3 is 1. The van der Waals surface area contributed by atoms with Crippen LogP contribution >= 0.6 is 0 Å². The Morgan fingerprint density at radius 1 is 1.44 bits per heavy atom. The van der Waals surface area contributed by atoms with Gasteiger partial charge in [0.1, 0.15) is 0 Å². The Kier molecular flexibility index (Phi) is 7.37. The molecule has 0 aromatic carbocycles. The highest BCUT2D eigenvalue weighted by Gasteiger charge is 1.74. The van der Waals surface area contributed by atoms with Gasteiger partial charge in [-0.15, -0.1) is 0 Å². The van der Waals surface area contributed by atoms with E-state index in [2.05, 4.69) is 11.4 Å². The van der Waals surface area contributed by atoms with Crippen LogP contribution in [0.15, 0.2) is 12.2 Å². The lowest BCUT2D eigenvalue weighted by atomic mass is 10.4. The summed E-state index contributed by atoms with van der Waals surface area (Å²) in [6.45, 7) is 1.77. The van der Waals surface area contributed by atoms with Crippen molar-refractivity contribution in [3.05, 3.63) is 12.2 Å². The second-order valence-corrected chi connectivity index (χ2v) is 1.82. The normalized spacial score (nSPS) is 10.9. The van der Waals surface area contributed by atoms with Crippen molar-refractivity contribution in [3.8, 4) is 0 Å². The van der Waals surface area contributed by atoms with Crippen LogP contribution < -0.4 is 5.32 Å². The molecule has 0 aliphatic rings. The van der Waals surface area contributed by atoms with Crippen molar-refractivity contribution in [2.75, 3.05) is 27.3 Å². The molecule has 0 fully saturated rings. The molecule has 0 aliphatic carbocycles. The fraction of sp³-hybridized carbons (Fsp3) is 0.714. The van der Waals surface area contributed by atoms with E-state index >= 15 is 0 Å². The van der Waals surface area contributed by atoms with Gasteiger partial charge in [0, 0.05) is 7.11 Å². The van der Waals surface area contributed by atoms with Crippen LogP contribution in [0, 0.1) is 0 Å². The van der Waals surface area contributed by atoms with E-state index in [9.17, 15) is 0 Å². The number of ether oxygens (including phenoxy) is 1. The average molecular weight is 129 g/mol. The molecule has 0 bridgehead atoms. The van der Waals surface area contributed by atoms with E-state index in [0.29, 0.717) is 0 Å². The van der Waals surface area contributed by atoms with Crippen LogP contribution in [0.3, 0.4) is 0 Å². The molecule has 9 heavy (non-hydrogen) atoms. The van der Waals surface area contributed by atoms with Crippen molar-refractivity contribution in [3.63, 3.8) is 0 Å². The highest BCUT2D eigenvalue weighted by atomic mass is 16.5. The van der Waals surface area contributed by atoms with Gasteiger partial charge in [-0.2, -0.15) is 0 Å². The first-order chi connectivity index (χ1) is 4.41. The van der Waals surface area contributed by atoms with E-state index in [1.807, 2.05) is 13.1 Å². The lowest BCUT2D eigenvalue weighted by Crippen LogP contribution is -2.05. The SMILES string of the molecule is CNCCC=CCOC. The largest absolute Gasteiger partial charge is 0.381 e. The monoisotopic (exact) mass is 129 g/mol. The van der Waals surface area contributed by atoms with E-state index in [4.69, 9.17) is 4.74 Å². The summed E-state index contributed by atoms with van der Waals surface area (Å²) < 4.78 is 4.81. The molecule has 1 N–H and O–H groups in total. The zero-order valence-corrected chi connectivity index (χ0v) is 6.18. The zero-order valence-electron chi connectivity index (χ0n) is 6.18. The Hall–Kier alpha value is -0.340. The van der Waals surface area contributed by atoms with E-state index in [0.717, 1.165) is 19.6 Å². The molecule has 0 saturated carbocycles. The van der Waals surface area contributed by atoms with E-state index in [-0.39, 0.29) is 0 Å². The van der Waals surface area contributed by atoms with Crippen molar-refractivity contribution < 1.29 is 4.74 Å². The van der Waals surface area contributed by atoms with Crippen LogP contribution in [0.4, 0.5) is 0 Å². The Morgan fingerprint density at radius 2 is 2.22 bits per heavy atom. The molecule has 0 amide bonds. The molecule has 0 aromatic rings. The molecule has 54 valence electrons. The van der Waals surface area contributed by atoms with Gasteiger partial charge in [-0.25, -0.2) is 0 Å². The molecule has 2 heteroatoms. The molecular formula is C7H15NO. The third kappa shape index (κ3) is 7.66. The smallest absolute Gasteiger partial charge is 0.0643 e. The van der Waals surface area contributed by atoms with Gasteiger partial charge in [0.15, 0.2) is 0 Å². The van der Waals surface area contributed by atoms with Crippen LogP contribution in [0.5, 0.6) is 0 Å². The van der Waals surface area contributed by atoms with Crippen molar-refractivity contribution in [1.82, 2.24) is 5.32 Å². The molecule has 0 radical (unpaired) electrons. The van der Waals surface area contributed by atoms with Crippen LogP contribution in [-0.4, -0.2) is 27.3 Å². The minimum atomic E-state index is 0.726. The van der Waals surface area contributed by atoms with Crippen molar-refractivity contribution >= 4 is 0 Å². The summed E-state index contributed by atoms with van der Waals surface area (Å²) in [5.41, 5.74) is 0. The van der Waals surface area contributed by atoms with Crippen molar-refractivity contribution in [2.45, 2.75) is 6.42 Å². The third-order valence-electron chi connectivity index (χ3n) is 0.991. The summed E-state index contributed by atoms with van der Waals surface area (Å²) in [5, 5.41) is 3.05. The van der Waals surface area contributed by atoms with Crippen molar-refractivity contribution in [1.29, 1.82) is 0 Å². The standard InChI is InChI=1S/C7H15NO/c1-8-6-4-3-5-7-9-2/h3,5,8H,4,6-7H2,1-2H3. The van der Waals surface area contributed by atoms with E-state index in [1.165, 1.54) is 0 Å². The number of hydrogen-bond donors (Lipinski definition) is 1. The Balaban J connectivity index is 2.86. The minimum Gasteiger partial charge on any atom is -0.381 e. The topological polar surface area (TPSA) is 21.3 Å². The average Bonchev–Trinajstić information content (AvgIpc) is 1.89. The molecule has 0 saturated heterocycles. The molecule has 2 nitrogen and oxygen atoms in total. The van der Waals surface area contributed by atoms with E-state index < -0.39 is 0 Å². The molecule has 0 rings (SSSR count). The predicted octanol–water partition coefficient (Wildman–Crippen LogP) is 0.798. The van der Waals surface area contributed by atoms with Crippen molar-refractivity contribution in [2.24, 2.45) is 0 Å². The summed E-state index contributed by atoms with van der Waals surface area (Å²) in [5.74, 6) is 0. The van der Waals surface area contributed by atoms with Crippen LogP contribution in [0.1, 0.15) is 6.42 Å². The first-order valence-electron chi connectivity index (χ1n) is 3.20. The first-order valence-corrected chi connectivity index (χ1v) is 3.20. The quantitative estimate of drug-likeness (QED) is 0.438. The number of hydrogen-bond acceptors (Lipinski definition) is 2. The van der Waals surface area contributed by atoms with Gasteiger partial charge in [-0.3, -0.25) is 0 Å². The Bertz CT molecular complexity index is 71.3. The summed E-state index contributed by atoms with van der Waals surface area (Å²) >= 11 is 0. The molecule has 0 unspecified atom stereocenters. The van der Waals surface area contributed by atoms with Gasteiger partial charge in [-0.1, -0.05) is 12.2 Å². The molecule has 0 atom stereocenters. The molecule has 0 heterocycles. The summed E-state index contributed by atoms with van der Waals surface area (Å²) in [6, 6.07) is 0. The minimum absolute atomic E-state index is 0.726. The van der Waals surface area contributed by atoms with Gasteiger partial charge in [-0.05, 0) is 20.0 Å². The van der Waals surface area contributed by atoms with Crippen LogP contribution in [-0.2, 0) is 4.74 Å². The predicted molar refractivity (Wildman–Crippen MR) is 39.6 cm³/mol. The second-order valence-electron chi connectivity index (χ2n) is 1.82. The summed E-state index contributed by atoms with van der Waals surface area (Å²) in [4.78, 5) is 0. The maximum atomic E-state index is 4.81. The van der Waals surface area contributed by atoms with Crippen LogP contribution in [0.25, 0.3) is 0 Å². The Labute approximate surface area is 56.9 Å². The lowest BCUT2D eigenvalue weighted by molar-refractivity contribution is 0.233. The molecule has 0 spiro atoms. The molecule has 0 aromatic heterocycles. The van der Waals surface area contributed by atoms with Gasteiger partial charge in [0.05, 0.1) is 6.61 Å². The number of nitrogens with one attached hydrogen (secondary N) is 1. The summed E-state index contributed by atoms with van der Waals surface area (Å²) in [7, 11) is 3.65. The zero-order chi connectivity index (χ0) is 6.95. The van der Waals surface area contributed by atoms with Gasteiger partial charge in [0.2, 0.25) is 0 Å². The fourth-order valence-electron chi connectivity index (χ4n) is 0.510. The van der Waals surface area contributed by atoms with Gasteiger partial charge >= 0.3 is 0 Å². The first kappa shape index (κ1) is 8.66. The number of rotatable bonds is 5. The highest BCUT2D eigenvalue weighted by Crippen LogP contribution is 1.79. The van der Waals surface area contributed by atoms with E-state index in [1.54, 1.807) is 7.11 Å². The third-order valence-corrected chi connectivity index (χ3v) is 0.991. The fourth-order valence-corrected chi connectivity index (χ4v) is 0.510. The van der Waals surface area contributed by atoms with Gasteiger partial charge in [0.25, 0.3) is 0 Å². The molecular weight excluding hydrogens is 114 g/mol. The summed E-state index contributed by atoms with van der Waals surface area (Å²) in [6.07, 6.45) is 5.22. The maximum Gasteiger partial charge on any atom is 0.0643 e. The second kappa shape index (κ2) is 7.66. The van der Waals surface area contributed by atoms with Gasteiger partial charge < -0.3 is 10.1 Å². The highest BCUT2D eigenvalue weighted by molar-refractivity contribution is 4.81. The Morgan fingerprint density at radius 3 is 2.78 bits per heavy atom. The van der Waals surface area contributed by atoms with Crippen LogP contribution in [0.2, 0.25) is 0 Å². The maximum absolute atomic E-state index is 4.81. The molecule has 0 aliphatic heterocycles. The lowest BCUT2D eigenvalue weighted by Gasteiger charge is -1.90.